The van der Waals surface area contributed by atoms with Crippen molar-refractivity contribution in [2.24, 2.45) is 5.10 Å². The molecule has 0 unspecified atom stereocenters. The van der Waals surface area contributed by atoms with Gasteiger partial charge in [0, 0.05) is 11.6 Å². The van der Waals surface area contributed by atoms with Crippen LogP contribution in [0.5, 0.6) is 5.75 Å². The molecule has 2 rings (SSSR count). The number of nitrogens with one attached hydrogen (secondary N) is 1. The van der Waals surface area contributed by atoms with Gasteiger partial charge in [-0.25, -0.2) is 5.43 Å². The monoisotopic (exact) mass is 361 g/mol. The fraction of sp³-hybridized carbons (Fsp3) is 0.176. The zero-order valence-corrected chi connectivity index (χ0v) is 14.4. The summed E-state index contributed by atoms with van der Waals surface area (Å²) in [7, 11) is 0. The Morgan fingerprint density at radius 1 is 1.32 bits per heavy atom. The summed E-state index contributed by atoms with van der Waals surface area (Å²) in [5, 5.41) is 14.6. The highest BCUT2D eigenvalue weighted by Crippen LogP contribution is 2.24. The van der Waals surface area contributed by atoms with Gasteiger partial charge in [0.05, 0.1) is 11.1 Å². The first-order valence-electron chi connectivity index (χ1n) is 7.32. The van der Waals surface area contributed by atoms with Crippen LogP contribution in [0.4, 0.5) is 5.69 Å². The summed E-state index contributed by atoms with van der Waals surface area (Å²) >= 11 is 5.73. The van der Waals surface area contributed by atoms with Crippen LogP contribution in [0.1, 0.15) is 16.7 Å². The second-order valence-corrected chi connectivity index (χ2v) is 5.73. The molecule has 0 fully saturated rings. The summed E-state index contributed by atoms with van der Waals surface area (Å²) in [6.45, 7) is 3.67. The van der Waals surface area contributed by atoms with Crippen molar-refractivity contribution in [1.29, 1.82) is 0 Å². The van der Waals surface area contributed by atoms with Crippen LogP contribution in [0.2, 0.25) is 5.02 Å². The number of carbonyl (C=O) groups is 1. The van der Waals surface area contributed by atoms with Gasteiger partial charge in [0.25, 0.3) is 11.6 Å². The van der Waals surface area contributed by atoms with Crippen molar-refractivity contribution in [2.45, 2.75) is 13.8 Å². The normalized spacial score (nSPS) is 10.7. The molecule has 0 atom stereocenters. The Bertz CT molecular complexity index is 837. The molecular weight excluding hydrogens is 346 g/mol. The van der Waals surface area contributed by atoms with E-state index in [2.05, 4.69) is 10.5 Å². The molecule has 0 saturated heterocycles. The Labute approximate surface area is 149 Å². The number of amides is 1. The lowest BCUT2D eigenvalue weighted by Crippen LogP contribution is -2.24. The van der Waals surface area contributed by atoms with Crippen LogP contribution < -0.4 is 10.2 Å². The molecule has 0 radical (unpaired) electrons. The zero-order chi connectivity index (χ0) is 18.4. The molecule has 1 amide bonds. The van der Waals surface area contributed by atoms with E-state index < -0.39 is 10.8 Å². The SMILES string of the molecule is Cc1ccc(OCC(=O)N/N=C\c2ccc(Cl)c([N+](=O)[O-])c2)c(C)c1. The number of hydrogen-bond acceptors (Lipinski definition) is 5. The molecule has 0 saturated carbocycles. The van der Waals surface area contributed by atoms with Gasteiger partial charge in [0.2, 0.25) is 0 Å². The van der Waals surface area contributed by atoms with E-state index in [1.54, 1.807) is 12.1 Å². The van der Waals surface area contributed by atoms with Crippen LogP contribution in [-0.2, 0) is 4.79 Å². The van der Waals surface area contributed by atoms with Crippen molar-refractivity contribution in [1.82, 2.24) is 5.43 Å². The molecule has 130 valence electrons. The Kier molecular flexibility index (Phi) is 6.08. The number of ether oxygens (including phenoxy) is 1. The topological polar surface area (TPSA) is 93.8 Å². The van der Waals surface area contributed by atoms with E-state index in [1.165, 1.54) is 18.3 Å². The summed E-state index contributed by atoms with van der Waals surface area (Å²) in [5.74, 6) is 0.178. The van der Waals surface area contributed by atoms with Gasteiger partial charge in [-0.2, -0.15) is 5.10 Å². The summed E-state index contributed by atoms with van der Waals surface area (Å²) < 4.78 is 5.43. The molecule has 8 heteroatoms. The number of hydrazone groups is 1. The quantitative estimate of drug-likeness (QED) is 0.484. The number of benzene rings is 2. The molecule has 2 aromatic carbocycles. The average Bonchev–Trinajstić information content (AvgIpc) is 2.55. The van der Waals surface area contributed by atoms with Gasteiger partial charge in [0.1, 0.15) is 10.8 Å². The Hall–Kier alpha value is -2.93. The highest BCUT2D eigenvalue weighted by molar-refractivity contribution is 6.32. The molecule has 0 heterocycles. The average molecular weight is 362 g/mol. The first-order chi connectivity index (χ1) is 11.9. The number of nitro benzene ring substituents is 1. The van der Waals surface area contributed by atoms with Crippen molar-refractivity contribution >= 4 is 29.4 Å². The smallest absolute Gasteiger partial charge is 0.288 e. The van der Waals surface area contributed by atoms with Crippen LogP contribution in [0.3, 0.4) is 0 Å². The number of nitrogens with zero attached hydrogens (tertiary/aromatic N) is 2. The zero-order valence-electron chi connectivity index (χ0n) is 13.7. The maximum Gasteiger partial charge on any atom is 0.288 e. The second-order valence-electron chi connectivity index (χ2n) is 5.32. The molecule has 0 aromatic heterocycles. The predicted molar refractivity (Wildman–Crippen MR) is 95.3 cm³/mol. The fourth-order valence-corrected chi connectivity index (χ4v) is 2.25. The maximum atomic E-state index is 11.7. The largest absolute Gasteiger partial charge is 0.483 e. The molecular formula is C17H16ClN3O4. The predicted octanol–water partition coefficient (Wildman–Crippen LogP) is 3.39. The maximum absolute atomic E-state index is 11.7. The lowest BCUT2D eigenvalue weighted by molar-refractivity contribution is -0.384. The lowest BCUT2D eigenvalue weighted by atomic mass is 10.1. The third-order valence-corrected chi connectivity index (χ3v) is 3.58. The van der Waals surface area contributed by atoms with E-state index in [0.717, 1.165) is 11.1 Å². The van der Waals surface area contributed by atoms with Crippen molar-refractivity contribution in [3.05, 3.63) is 68.2 Å². The van der Waals surface area contributed by atoms with Gasteiger partial charge < -0.3 is 4.74 Å². The van der Waals surface area contributed by atoms with E-state index in [1.807, 2.05) is 26.0 Å². The van der Waals surface area contributed by atoms with E-state index in [9.17, 15) is 14.9 Å². The second kappa shape index (κ2) is 8.25. The van der Waals surface area contributed by atoms with Crippen molar-refractivity contribution in [3.63, 3.8) is 0 Å². The van der Waals surface area contributed by atoms with Crippen LogP contribution in [0, 0.1) is 24.0 Å². The Morgan fingerprint density at radius 2 is 2.08 bits per heavy atom. The summed E-state index contributed by atoms with van der Waals surface area (Å²) in [6, 6.07) is 9.87. The van der Waals surface area contributed by atoms with Crippen LogP contribution in [0.25, 0.3) is 0 Å². The summed E-state index contributed by atoms with van der Waals surface area (Å²) in [6.07, 6.45) is 1.29. The number of hydrogen-bond donors (Lipinski definition) is 1. The molecule has 0 aliphatic rings. The number of rotatable bonds is 6. The van der Waals surface area contributed by atoms with Crippen molar-refractivity contribution in [2.75, 3.05) is 6.61 Å². The number of nitro groups is 1. The molecule has 0 bridgehead atoms. The van der Waals surface area contributed by atoms with Gasteiger partial charge in [-0.15, -0.1) is 0 Å². The molecule has 0 spiro atoms. The Morgan fingerprint density at radius 3 is 2.76 bits per heavy atom. The van der Waals surface area contributed by atoms with Gasteiger partial charge in [0.15, 0.2) is 6.61 Å². The molecule has 2 aromatic rings. The van der Waals surface area contributed by atoms with Crippen LogP contribution in [0.15, 0.2) is 41.5 Å². The van der Waals surface area contributed by atoms with Gasteiger partial charge in [-0.1, -0.05) is 35.4 Å². The molecule has 0 aliphatic carbocycles. The standard InChI is InChI=1S/C17H16ClN3O4/c1-11-3-6-16(12(2)7-11)25-10-17(22)20-19-9-13-4-5-14(18)15(8-13)21(23)24/h3-9H,10H2,1-2H3,(H,20,22)/b19-9-. The number of halogens is 1. The van der Waals surface area contributed by atoms with E-state index in [4.69, 9.17) is 16.3 Å². The van der Waals surface area contributed by atoms with Crippen LogP contribution >= 0.6 is 11.6 Å². The summed E-state index contributed by atoms with van der Waals surface area (Å²) in [4.78, 5) is 22.0. The minimum atomic E-state index is -0.587. The number of aryl methyl sites for hydroxylation is 2. The summed E-state index contributed by atoms with van der Waals surface area (Å²) in [5.41, 5.74) is 4.55. The van der Waals surface area contributed by atoms with Crippen molar-refractivity contribution in [3.8, 4) is 5.75 Å². The van der Waals surface area contributed by atoms with Crippen molar-refractivity contribution < 1.29 is 14.5 Å². The first-order valence-corrected chi connectivity index (χ1v) is 7.70. The Balaban J connectivity index is 1.90. The highest BCUT2D eigenvalue weighted by atomic mass is 35.5. The fourth-order valence-electron chi connectivity index (χ4n) is 2.07. The van der Waals surface area contributed by atoms with Gasteiger partial charge >= 0.3 is 0 Å². The van der Waals surface area contributed by atoms with Gasteiger partial charge in [-0.3, -0.25) is 14.9 Å². The van der Waals surface area contributed by atoms with E-state index >= 15 is 0 Å². The first kappa shape index (κ1) is 18.4. The minimum absolute atomic E-state index is 0.0352. The molecule has 7 nitrogen and oxygen atoms in total. The van der Waals surface area contributed by atoms with Gasteiger partial charge in [-0.05, 0) is 31.5 Å². The highest BCUT2D eigenvalue weighted by Gasteiger charge is 2.12. The lowest BCUT2D eigenvalue weighted by Gasteiger charge is -2.08. The van der Waals surface area contributed by atoms with Crippen LogP contribution in [-0.4, -0.2) is 23.7 Å². The molecule has 0 aliphatic heterocycles. The third kappa shape index (κ3) is 5.29. The number of carbonyl (C=O) groups excluding carboxylic acids is 1. The third-order valence-electron chi connectivity index (χ3n) is 3.26. The van der Waals surface area contributed by atoms with E-state index in [0.29, 0.717) is 11.3 Å². The molecule has 25 heavy (non-hydrogen) atoms. The van der Waals surface area contributed by atoms with E-state index in [-0.39, 0.29) is 17.3 Å². The minimum Gasteiger partial charge on any atom is -0.483 e. The molecule has 1 N–H and O–H groups in total.